The smallest absolute Gasteiger partial charge is 0.322 e. The van der Waals surface area contributed by atoms with Crippen molar-refractivity contribution in [1.29, 1.82) is 5.26 Å². The number of benzene rings is 1. The van der Waals surface area contributed by atoms with Crippen LogP contribution in [0.15, 0.2) is 23.1 Å². The molecule has 0 heterocycles. The number of rotatable bonds is 6. The van der Waals surface area contributed by atoms with Crippen molar-refractivity contribution in [1.82, 2.24) is 4.72 Å². The van der Waals surface area contributed by atoms with Gasteiger partial charge in [0, 0.05) is 0 Å². The van der Waals surface area contributed by atoms with Gasteiger partial charge in [0.05, 0.1) is 6.42 Å². The lowest BCUT2D eigenvalue weighted by Gasteiger charge is -2.14. The van der Waals surface area contributed by atoms with E-state index in [9.17, 15) is 22.4 Å². The van der Waals surface area contributed by atoms with Crippen LogP contribution in [0.2, 0.25) is 0 Å². The summed E-state index contributed by atoms with van der Waals surface area (Å²) in [6.07, 6.45) is -0.786. The molecule has 0 saturated heterocycles. The van der Waals surface area contributed by atoms with Crippen LogP contribution in [0.25, 0.3) is 0 Å². The monoisotopic (exact) mass is 315 g/mol. The van der Waals surface area contributed by atoms with Crippen molar-refractivity contribution in [2.75, 3.05) is 0 Å². The molecule has 0 bridgehead atoms. The Morgan fingerprint density at radius 2 is 2.10 bits per heavy atom. The number of primary amides is 1. The van der Waals surface area contributed by atoms with E-state index in [1.807, 2.05) is 0 Å². The Morgan fingerprint density at radius 1 is 1.48 bits per heavy atom. The third-order valence-corrected chi connectivity index (χ3v) is 3.89. The largest absolute Gasteiger partial charge is 0.480 e. The minimum absolute atomic E-state index is 0.722. The molecule has 0 saturated carbocycles. The summed E-state index contributed by atoms with van der Waals surface area (Å²) in [5, 5.41) is 17.6. The summed E-state index contributed by atoms with van der Waals surface area (Å²) in [7, 11) is -4.52. The van der Waals surface area contributed by atoms with Crippen LogP contribution in [0.3, 0.4) is 0 Å². The number of carboxylic acids is 1. The number of nitrogens with one attached hydrogen (secondary N) is 1. The van der Waals surface area contributed by atoms with E-state index in [1.165, 1.54) is 6.07 Å². The molecule has 0 radical (unpaired) electrons. The van der Waals surface area contributed by atoms with E-state index >= 15 is 0 Å². The summed E-state index contributed by atoms with van der Waals surface area (Å²) in [6, 6.07) is 2.44. The van der Waals surface area contributed by atoms with Gasteiger partial charge in [0.2, 0.25) is 15.9 Å². The van der Waals surface area contributed by atoms with E-state index in [-0.39, 0.29) is 0 Å². The molecule has 10 heteroatoms. The van der Waals surface area contributed by atoms with Crippen LogP contribution in [0.4, 0.5) is 4.39 Å². The number of halogens is 1. The van der Waals surface area contributed by atoms with Gasteiger partial charge in [0.15, 0.2) is 0 Å². The first-order valence-electron chi connectivity index (χ1n) is 5.41. The minimum atomic E-state index is -4.52. The number of hydrogen-bond donors (Lipinski definition) is 3. The molecular weight excluding hydrogens is 305 g/mol. The van der Waals surface area contributed by atoms with Gasteiger partial charge in [-0.2, -0.15) is 9.98 Å². The summed E-state index contributed by atoms with van der Waals surface area (Å²) in [6.45, 7) is 0. The maximum Gasteiger partial charge on any atom is 0.322 e. The number of nitrogens with two attached hydrogens (primary N) is 1. The van der Waals surface area contributed by atoms with Crippen LogP contribution in [-0.2, 0) is 19.6 Å². The first-order chi connectivity index (χ1) is 9.69. The maximum absolute atomic E-state index is 13.4. The average molecular weight is 315 g/mol. The number of hydrogen-bond acceptors (Lipinski definition) is 5. The molecule has 0 aromatic heterocycles. The summed E-state index contributed by atoms with van der Waals surface area (Å²) >= 11 is 0. The topological polar surface area (TPSA) is 150 Å². The van der Waals surface area contributed by atoms with Gasteiger partial charge in [-0.25, -0.2) is 12.8 Å². The molecule has 1 unspecified atom stereocenters. The zero-order chi connectivity index (χ0) is 16.2. The molecule has 1 rings (SSSR count). The normalized spacial score (nSPS) is 12.4. The van der Waals surface area contributed by atoms with E-state index in [0.717, 1.165) is 18.2 Å². The Morgan fingerprint density at radius 3 is 2.57 bits per heavy atom. The lowest BCUT2D eigenvalue weighted by Crippen LogP contribution is -2.43. The molecule has 0 aliphatic heterocycles. The fourth-order valence-corrected chi connectivity index (χ4v) is 2.82. The zero-order valence-electron chi connectivity index (χ0n) is 10.4. The van der Waals surface area contributed by atoms with Crippen molar-refractivity contribution in [3.05, 3.63) is 29.6 Å². The summed E-state index contributed by atoms with van der Waals surface area (Å²) < 4.78 is 39.1. The predicted octanol–water partition coefficient (Wildman–Crippen LogP) is -0.696. The maximum atomic E-state index is 13.4. The minimum Gasteiger partial charge on any atom is -0.480 e. The van der Waals surface area contributed by atoms with Crippen molar-refractivity contribution in [2.24, 2.45) is 5.73 Å². The van der Waals surface area contributed by atoms with Crippen molar-refractivity contribution < 1.29 is 27.5 Å². The predicted molar refractivity (Wildman–Crippen MR) is 66.7 cm³/mol. The number of nitriles is 1. The fraction of sp³-hybridized carbons (Fsp3) is 0.182. The number of nitrogens with zero attached hydrogens (tertiary/aromatic N) is 1. The Kier molecular flexibility index (Phi) is 4.96. The Labute approximate surface area is 119 Å². The SMILES string of the molecule is N#Cc1c(F)cccc1S(=O)(=O)NC(CC(N)=O)C(=O)O. The molecule has 8 nitrogen and oxygen atoms in total. The molecule has 0 fully saturated rings. The van der Waals surface area contributed by atoms with Crippen LogP contribution in [0, 0.1) is 17.1 Å². The summed E-state index contributed by atoms with van der Waals surface area (Å²) in [5.41, 5.74) is 4.06. The van der Waals surface area contributed by atoms with Crippen LogP contribution in [0.1, 0.15) is 12.0 Å². The molecule has 0 aliphatic rings. The average Bonchev–Trinajstić information content (AvgIpc) is 2.36. The highest BCUT2D eigenvalue weighted by Crippen LogP contribution is 2.18. The molecule has 0 spiro atoms. The van der Waals surface area contributed by atoms with Crippen LogP contribution < -0.4 is 10.5 Å². The molecule has 1 atom stereocenters. The fourth-order valence-electron chi connectivity index (χ4n) is 1.47. The molecule has 4 N–H and O–H groups in total. The number of carbonyl (C=O) groups excluding carboxylic acids is 1. The zero-order valence-corrected chi connectivity index (χ0v) is 11.2. The van der Waals surface area contributed by atoms with E-state index < -0.39 is 50.6 Å². The van der Waals surface area contributed by atoms with Gasteiger partial charge in [-0.05, 0) is 12.1 Å². The third kappa shape index (κ3) is 3.98. The standard InChI is InChI=1S/C11H10FN3O5S/c12-7-2-1-3-9(6(7)5-13)21(19,20)15-8(11(17)18)4-10(14)16/h1-3,8,15H,4H2,(H2,14,16)(H,17,18). The first kappa shape index (κ1) is 16.5. The van der Waals surface area contributed by atoms with Crippen LogP contribution in [0.5, 0.6) is 0 Å². The summed E-state index contributed by atoms with van der Waals surface area (Å²) in [5.74, 6) is -3.74. The molecule has 0 aliphatic carbocycles. The van der Waals surface area contributed by atoms with Gasteiger partial charge >= 0.3 is 5.97 Å². The Balaban J connectivity index is 3.23. The molecule has 1 amide bonds. The van der Waals surface area contributed by atoms with Crippen molar-refractivity contribution in [3.63, 3.8) is 0 Å². The lowest BCUT2D eigenvalue weighted by molar-refractivity contribution is -0.140. The lowest BCUT2D eigenvalue weighted by atomic mass is 10.2. The molecular formula is C11H10FN3O5S. The number of carbonyl (C=O) groups is 2. The van der Waals surface area contributed by atoms with Gasteiger partial charge in [-0.1, -0.05) is 6.07 Å². The number of sulfonamides is 1. The quantitative estimate of drug-likeness (QED) is 0.632. The second kappa shape index (κ2) is 6.29. The highest BCUT2D eigenvalue weighted by Gasteiger charge is 2.29. The van der Waals surface area contributed by atoms with E-state index in [1.54, 1.807) is 4.72 Å². The van der Waals surface area contributed by atoms with E-state index in [4.69, 9.17) is 16.1 Å². The van der Waals surface area contributed by atoms with Gasteiger partial charge in [-0.3, -0.25) is 9.59 Å². The van der Waals surface area contributed by atoms with Gasteiger partial charge in [0.1, 0.15) is 28.4 Å². The van der Waals surface area contributed by atoms with Gasteiger partial charge in [-0.15, -0.1) is 0 Å². The molecule has 112 valence electrons. The van der Waals surface area contributed by atoms with E-state index in [0.29, 0.717) is 0 Å². The van der Waals surface area contributed by atoms with Gasteiger partial charge in [0.25, 0.3) is 0 Å². The Bertz CT molecular complexity index is 726. The molecule has 1 aromatic carbocycles. The van der Waals surface area contributed by atoms with Crippen molar-refractivity contribution >= 4 is 21.9 Å². The van der Waals surface area contributed by atoms with Gasteiger partial charge < -0.3 is 10.8 Å². The Hall–Kier alpha value is -2.51. The van der Waals surface area contributed by atoms with Crippen LogP contribution in [-0.4, -0.2) is 31.4 Å². The number of carboxylic acid groups (broad SMARTS) is 1. The van der Waals surface area contributed by atoms with Crippen molar-refractivity contribution in [3.8, 4) is 6.07 Å². The second-order valence-electron chi connectivity index (χ2n) is 3.91. The molecule has 21 heavy (non-hydrogen) atoms. The number of amides is 1. The van der Waals surface area contributed by atoms with Crippen molar-refractivity contribution in [2.45, 2.75) is 17.4 Å². The highest BCUT2D eigenvalue weighted by molar-refractivity contribution is 7.89. The molecule has 1 aromatic rings. The second-order valence-corrected chi connectivity index (χ2v) is 5.59. The first-order valence-corrected chi connectivity index (χ1v) is 6.89. The highest BCUT2D eigenvalue weighted by atomic mass is 32.2. The number of aliphatic carboxylic acids is 1. The van der Waals surface area contributed by atoms with E-state index in [2.05, 4.69) is 0 Å². The third-order valence-electron chi connectivity index (χ3n) is 2.38. The van der Waals surface area contributed by atoms with Crippen LogP contribution >= 0.6 is 0 Å². The summed E-state index contributed by atoms with van der Waals surface area (Å²) in [4.78, 5) is 20.9.